The van der Waals surface area contributed by atoms with Gasteiger partial charge in [-0.25, -0.2) is 0 Å². The Balaban J connectivity index is 2.14. The molecular weight excluding hydrogens is 300 g/mol. The van der Waals surface area contributed by atoms with E-state index in [0.717, 1.165) is 50.7 Å². The Morgan fingerprint density at radius 1 is 0.708 bits per heavy atom. The van der Waals surface area contributed by atoms with E-state index in [9.17, 15) is 0 Å². The van der Waals surface area contributed by atoms with Gasteiger partial charge in [0, 0.05) is 26.2 Å². The Morgan fingerprint density at radius 2 is 1.12 bits per heavy atom. The Bertz CT molecular complexity index is 424. The first-order chi connectivity index (χ1) is 11.6. The maximum absolute atomic E-state index is 4.73. The van der Waals surface area contributed by atoms with Gasteiger partial charge in [-0.15, -0.1) is 0 Å². The zero-order valence-corrected chi connectivity index (χ0v) is 15.8. The Hall–Kier alpha value is -1.46. The summed E-state index contributed by atoms with van der Waals surface area (Å²) in [5, 5.41) is 16.4. The zero-order chi connectivity index (χ0) is 17.4. The second kappa shape index (κ2) is 9.74. The summed E-state index contributed by atoms with van der Waals surface area (Å²) in [6, 6.07) is 0.0199. The van der Waals surface area contributed by atoms with Gasteiger partial charge in [0.15, 0.2) is 0 Å². The average molecular weight is 335 g/mol. The molecule has 2 aliphatic rings. The number of hydrogen-bond donors (Lipinski definition) is 2. The Labute approximate surface area is 146 Å². The SMILES string of the molecule is CC(C)C(N=NC(C1=NCCCCN1)C(C)C)C1=NCCCCN1. The molecule has 0 aromatic heterocycles. The van der Waals surface area contributed by atoms with Crippen LogP contribution in [0.25, 0.3) is 0 Å². The average Bonchev–Trinajstić information content (AvgIpc) is 2.95. The van der Waals surface area contributed by atoms with E-state index < -0.39 is 0 Å². The first-order valence-corrected chi connectivity index (χ1v) is 9.56. The molecule has 0 amide bonds. The Kier molecular flexibility index (Phi) is 7.66. The second-order valence-corrected chi connectivity index (χ2v) is 7.41. The van der Waals surface area contributed by atoms with Crippen molar-refractivity contribution >= 4 is 11.7 Å². The van der Waals surface area contributed by atoms with Crippen LogP contribution < -0.4 is 10.6 Å². The van der Waals surface area contributed by atoms with Crippen molar-refractivity contribution in [2.24, 2.45) is 32.0 Å². The van der Waals surface area contributed by atoms with Gasteiger partial charge in [0.2, 0.25) is 0 Å². The minimum Gasteiger partial charge on any atom is -0.372 e. The first-order valence-electron chi connectivity index (χ1n) is 9.56. The third-order valence-corrected chi connectivity index (χ3v) is 4.49. The predicted octanol–water partition coefficient (Wildman–Crippen LogP) is 3.05. The monoisotopic (exact) mass is 334 g/mol. The molecule has 0 aliphatic carbocycles. The molecule has 0 saturated heterocycles. The number of amidine groups is 2. The maximum Gasteiger partial charge on any atom is 0.130 e. The molecule has 0 aromatic rings. The topological polar surface area (TPSA) is 73.5 Å². The normalized spacial score (nSPS) is 22.2. The molecule has 2 atom stereocenters. The van der Waals surface area contributed by atoms with Gasteiger partial charge in [-0.05, 0) is 37.5 Å². The fraction of sp³-hybridized carbons (Fsp3) is 0.889. The number of azo groups is 1. The molecule has 136 valence electrons. The van der Waals surface area contributed by atoms with Gasteiger partial charge < -0.3 is 10.6 Å². The number of rotatable bonds is 6. The predicted molar refractivity (Wildman–Crippen MR) is 101 cm³/mol. The van der Waals surface area contributed by atoms with E-state index in [1.54, 1.807) is 0 Å². The van der Waals surface area contributed by atoms with E-state index in [1.165, 1.54) is 12.8 Å². The van der Waals surface area contributed by atoms with E-state index in [2.05, 4.69) is 38.3 Å². The molecule has 6 nitrogen and oxygen atoms in total. The fourth-order valence-electron chi connectivity index (χ4n) is 2.96. The lowest BCUT2D eigenvalue weighted by Gasteiger charge is -2.22. The van der Waals surface area contributed by atoms with Gasteiger partial charge in [-0.1, -0.05) is 27.7 Å². The molecule has 0 fully saturated rings. The highest BCUT2D eigenvalue weighted by atomic mass is 15.2. The third-order valence-electron chi connectivity index (χ3n) is 4.49. The number of hydrogen-bond acceptors (Lipinski definition) is 6. The number of aliphatic imine (C=N–C) groups is 2. The van der Waals surface area contributed by atoms with Crippen molar-refractivity contribution in [2.75, 3.05) is 26.2 Å². The van der Waals surface area contributed by atoms with E-state index in [1.807, 2.05) is 0 Å². The molecule has 24 heavy (non-hydrogen) atoms. The maximum atomic E-state index is 4.73. The zero-order valence-electron chi connectivity index (χ0n) is 15.8. The standard InChI is InChI=1S/C18H34N6/c1-13(2)15(17-19-9-5-6-10-20-17)23-24-16(14(3)4)18-21-11-7-8-12-22-18/h13-16H,5-12H2,1-4H3,(H,19,20)(H,21,22). The van der Waals surface area contributed by atoms with Crippen molar-refractivity contribution in [1.29, 1.82) is 0 Å². The molecule has 0 radical (unpaired) electrons. The molecule has 2 aliphatic heterocycles. The summed E-state index contributed by atoms with van der Waals surface area (Å²) in [6.45, 7) is 12.5. The molecule has 6 heteroatoms. The van der Waals surface area contributed by atoms with E-state index >= 15 is 0 Å². The van der Waals surface area contributed by atoms with Crippen LogP contribution in [-0.2, 0) is 0 Å². The van der Waals surface area contributed by atoms with Gasteiger partial charge in [-0.2, -0.15) is 10.2 Å². The molecule has 0 bridgehead atoms. The van der Waals surface area contributed by atoms with Gasteiger partial charge in [0.25, 0.3) is 0 Å². The third kappa shape index (κ3) is 5.56. The minimum absolute atomic E-state index is 0.00993. The summed E-state index contributed by atoms with van der Waals surface area (Å²) < 4.78 is 0. The highest BCUT2D eigenvalue weighted by Gasteiger charge is 2.24. The van der Waals surface area contributed by atoms with Crippen molar-refractivity contribution in [3.8, 4) is 0 Å². The molecule has 0 saturated carbocycles. The summed E-state index contributed by atoms with van der Waals surface area (Å²) in [4.78, 5) is 9.40. The molecule has 2 unspecified atom stereocenters. The lowest BCUT2D eigenvalue weighted by atomic mass is 10.0. The highest BCUT2D eigenvalue weighted by Crippen LogP contribution is 2.15. The largest absolute Gasteiger partial charge is 0.372 e. The fourth-order valence-corrected chi connectivity index (χ4v) is 2.96. The van der Waals surface area contributed by atoms with Crippen LogP contribution in [0.3, 0.4) is 0 Å². The smallest absolute Gasteiger partial charge is 0.130 e. The van der Waals surface area contributed by atoms with Crippen LogP contribution in [0, 0.1) is 11.8 Å². The second-order valence-electron chi connectivity index (χ2n) is 7.41. The van der Waals surface area contributed by atoms with E-state index in [4.69, 9.17) is 20.2 Å². The van der Waals surface area contributed by atoms with Crippen LogP contribution in [0.4, 0.5) is 0 Å². The lowest BCUT2D eigenvalue weighted by molar-refractivity contribution is 0.511. The van der Waals surface area contributed by atoms with E-state index in [-0.39, 0.29) is 12.1 Å². The lowest BCUT2D eigenvalue weighted by Crippen LogP contribution is -2.39. The van der Waals surface area contributed by atoms with Crippen LogP contribution in [0.5, 0.6) is 0 Å². The van der Waals surface area contributed by atoms with Gasteiger partial charge in [0.05, 0.1) is 0 Å². The van der Waals surface area contributed by atoms with Crippen LogP contribution in [0.15, 0.2) is 20.2 Å². The van der Waals surface area contributed by atoms with Crippen LogP contribution >= 0.6 is 0 Å². The molecular formula is C18H34N6. The quantitative estimate of drug-likeness (QED) is 0.733. The van der Waals surface area contributed by atoms with Crippen molar-refractivity contribution in [1.82, 2.24) is 10.6 Å². The van der Waals surface area contributed by atoms with Crippen molar-refractivity contribution in [3.05, 3.63) is 0 Å². The van der Waals surface area contributed by atoms with Crippen molar-refractivity contribution in [3.63, 3.8) is 0 Å². The molecule has 2 N–H and O–H groups in total. The number of nitrogens with zero attached hydrogens (tertiary/aromatic N) is 4. The number of nitrogens with one attached hydrogen (secondary N) is 2. The van der Waals surface area contributed by atoms with Crippen molar-refractivity contribution in [2.45, 2.75) is 65.5 Å². The van der Waals surface area contributed by atoms with Crippen LogP contribution in [0.1, 0.15) is 53.4 Å². The van der Waals surface area contributed by atoms with E-state index in [0.29, 0.717) is 11.8 Å². The van der Waals surface area contributed by atoms with Gasteiger partial charge >= 0.3 is 0 Å². The summed E-state index contributed by atoms with van der Waals surface area (Å²) in [6.07, 6.45) is 4.64. The minimum atomic E-state index is 0.00993. The van der Waals surface area contributed by atoms with Crippen molar-refractivity contribution < 1.29 is 0 Å². The molecule has 0 aromatic carbocycles. The van der Waals surface area contributed by atoms with Crippen LogP contribution in [-0.4, -0.2) is 49.9 Å². The summed E-state index contributed by atoms with van der Waals surface area (Å²) >= 11 is 0. The van der Waals surface area contributed by atoms with Gasteiger partial charge in [-0.3, -0.25) is 9.98 Å². The van der Waals surface area contributed by atoms with Crippen LogP contribution in [0.2, 0.25) is 0 Å². The summed E-state index contributed by atoms with van der Waals surface area (Å²) in [7, 11) is 0. The van der Waals surface area contributed by atoms with Gasteiger partial charge in [0.1, 0.15) is 23.8 Å². The highest BCUT2D eigenvalue weighted by molar-refractivity contribution is 5.89. The summed E-state index contributed by atoms with van der Waals surface area (Å²) in [5.41, 5.74) is 0. The summed E-state index contributed by atoms with van der Waals surface area (Å²) in [5.74, 6) is 2.75. The first kappa shape index (κ1) is 18.9. The molecule has 2 rings (SSSR count). The Morgan fingerprint density at radius 3 is 1.50 bits per heavy atom. The molecule has 2 heterocycles. The molecule has 0 spiro atoms.